The summed E-state index contributed by atoms with van der Waals surface area (Å²) >= 11 is 0. The van der Waals surface area contributed by atoms with Crippen LogP contribution in [0, 0.1) is 0 Å². The molecule has 132 valence electrons. The van der Waals surface area contributed by atoms with Crippen molar-refractivity contribution in [2.45, 2.75) is 45.3 Å². The molecule has 0 aromatic carbocycles. The molecule has 9 nitrogen and oxygen atoms in total. The standard InChI is InChI=1S/C15H22N4O5/c1-15(2,3)24-14(23)17-10-9-18-8-6-11(19(18)13(10)22)16-7-4-5-12(20)21/h6-7,10H,4-5,8-9H2,1-3H3,(H,17,23)(H,20,21)/t10-/m0/s1. The number of aliphatic carboxylic acids is 1. The average molecular weight is 338 g/mol. The Balaban J connectivity index is 1.92. The lowest BCUT2D eigenvalue weighted by atomic mass is 10.2. The smallest absolute Gasteiger partial charge is 0.408 e. The van der Waals surface area contributed by atoms with Gasteiger partial charge in [-0.05, 0) is 33.3 Å². The van der Waals surface area contributed by atoms with Gasteiger partial charge in [0.2, 0.25) is 0 Å². The molecule has 2 N–H and O–H groups in total. The van der Waals surface area contributed by atoms with Crippen molar-refractivity contribution in [3.8, 4) is 0 Å². The van der Waals surface area contributed by atoms with E-state index in [1.807, 2.05) is 0 Å². The monoisotopic (exact) mass is 338 g/mol. The third-order valence-electron chi connectivity index (χ3n) is 3.29. The van der Waals surface area contributed by atoms with Crippen LogP contribution in [0.3, 0.4) is 0 Å². The van der Waals surface area contributed by atoms with Gasteiger partial charge in [0.05, 0.1) is 6.42 Å². The van der Waals surface area contributed by atoms with E-state index in [0.29, 0.717) is 18.9 Å². The number of aliphatic imine (C=N–C) groups is 1. The molecule has 0 unspecified atom stereocenters. The van der Waals surface area contributed by atoms with Gasteiger partial charge in [0.15, 0.2) is 0 Å². The number of hydrogen-bond donors (Lipinski definition) is 2. The van der Waals surface area contributed by atoms with Gasteiger partial charge in [-0.1, -0.05) is 0 Å². The second kappa shape index (κ2) is 7.00. The molecule has 2 aliphatic rings. The molecule has 0 aromatic rings. The van der Waals surface area contributed by atoms with Crippen molar-refractivity contribution in [1.29, 1.82) is 0 Å². The molecule has 2 amide bonds. The van der Waals surface area contributed by atoms with Gasteiger partial charge in [0.1, 0.15) is 17.5 Å². The summed E-state index contributed by atoms with van der Waals surface area (Å²) in [5, 5.41) is 14.3. The highest BCUT2D eigenvalue weighted by Gasteiger charge is 2.43. The number of amides is 2. The highest BCUT2D eigenvalue weighted by Crippen LogP contribution is 2.25. The molecular formula is C15H22N4O5. The predicted octanol–water partition coefficient (Wildman–Crippen LogP) is 0.730. The largest absolute Gasteiger partial charge is 0.481 e. The zero-order valence-corrected chi connectivity index (χ0v) is 14.0. The summed E-state index contributed by atoms with van der Waals surface area (Å²) in [6, 6.07) is -0.697. The van der Waals surface area contributed by atoms with Gasteiger partial charge in [0.25, 0.3) is 5.91 Å². The molecule has 24 heavy (non-hydrogen) atoms. The van der Waals surface area contributed by atoms with Crippen molar-refractivity contribution < 1.29 is 24.2 Å². The van der Waals surface area contributed by atoms with Crippen LogP contribution in [-0.2, 0) is 14.3 Å². The zero-order chi connectivity index (χ0) is 17.9. The van der Waals surface area contributed by atoms with E-state index in [-0.39, 0.29) is 18.7 Å². The molecule has 9 heteroatoms. The van der Waals surface area contributed by atoms with E-state index in [1.54, 1.807) is 31.9 Å². The van der Waals surface area contributed by atoms with E-state index < -0.39 is 23.7 Å². The lowest BCUT2D eigenvalue weighted by Crippen LogP contribution is -2.44. The normalized spacial score (nSPS) is 21.1. The minimum atomic E-state index is -0.901. The summed E-state index contributed by atoms with van der Waals surface area (Å²) in [7, 11) is 0. The Morgan fingerprint density at radius 1 is 1.50 bits per heavy atom. The van der Waals surface area contributed by atoms with Crippen LogP contribution < -0.4 is 5.32 Å². The molecule has 0 aliphatic carbocycles. The summed E-state index contributed by atoms with van der Waals surface area (Å²) < 4.78 is 5.16. The Labute approximate surface area is 139 Å². The third-order valence-corrected chi connectivity index (χ3v) is 3.29. The summed E-state index contributed by atoms with van der Waals surface area (Å²) in [5.41, 5.74) is -0.637. The van der Waals surface area contributed by atoms with E-state index in [4.69, 9.17) is 9.84 Å². The van der Waals surface area contributed by atoms with Crippen LogP contribution >= 0.6 is 0 Å². The molecule has 1 saturated heterocycles. The summed E-state index contributed by atoms with van der Waals surface area (Å²) in [6.45, 7) is 6.08. The van der Waals surface area contributed by atoms with E-state index in [1.165, 1.54) is 11.2 Å². The van der Waals surface area contributed by atoms with Crippen LogP contribution in [0.1, 0.15) is 33.6 Å². The number of nitrogens with zero attached hydrogens (tertiary/aromatic N) is 3. The van der Waals surface area contributed by atoms with Crippen LogP contribution in [0.2, 0.25) is 0 Å². The van der Waals surface area contributed by atoms with E-state index in [9.17, 15) is 14.4 Å². The van der Waals surface area contributed by atoms with Crippen LogP contribution in [-0.4, -0.2) is 64.0 Å². The zero-order valence-electron chi connectivity index (χ0n) is 14.0. The molecule has 0 aromatic heterocycles. The van der Waals surface area contributed by atoms with Gasteiger partial charge in [-0.15, -0.1) is 0 Å². The quantitative estimate of drug-likeness (QED) is 0.715. The maximum absolute atomic E-state index is 12.4. The molecule has 0 spiro atoms. The minimum absolute atomic E-state index is 0.0166. The Hall–Kier alpha value is -2.42. The topological polar surface area (TPSA) is 112 Å². The summed E-state index contributed by atoms with van der Waals surface area (Å²) in [4.78, 5) is 38.9. The molecule has 0 radical (unpaired) electrons. The van der Waals surface area contributed by atoms with Gasteiger partial charge in [-0.3, -0.25) is 9.59 Å². The number of ether oxygens (including phenoxy) is 1. The number of carboxylic acids is 1. The highest BCUT2D eigenvalue weighted by atomic mass is 16.6. The third kappa shape index (κ3) is 4.54. The predicted molar refractivity (Wildman–Crippen MR) is 85.0 cm³/mol. The summed E-state index contributed by atoms with van der Waals surface area (Å²) in [6.07, 6.45) is 2.88. The molecule has 1 atom stereocenters. The van der Waals surface area contributed by atoms with Gasteiger partial charge in [0, 0.05) is 19.3 Å². The number of carboxylic acid groups (broad SMARTS) is 1. The lowest BCUT2D eigenvalue weighted by Gasteiger charge is -2.21. The lowest BCUT2D eigenvalue weighted by molar-refractivity contribution is -0.137. The minimum Gasteiger partial charge on any atom is -0.481 e. The number of rotatable bonds is 5. The van der Waals surface area contributed by atoms with Crippen molar-refractivity contribution in [3.05, 3.63) is 11.9 Å². The number of nitrogens with one attached hydrogen (secondary N) is 1. The first-order valence-electron chi connectivity index (χ1n) is 7.70. The van der Waals surface area contributed by atoms with Crippen molar-refractivity contribution in [2.75, 3.05) is 13.1 Å². The van der Waals surface area contributed by atoms with E-state index in [0.717, 1.165) is 0 Å². The second-order valence-corrected chi connectivity index (χ2v) is 6.53. The van der Waals surface area contributed by atoms with Crippen LogP contribution in [0.4, 0.5) is 4.79 Å². The Bertz CT molecular complexity index is 593. The van der Waals surface area contributed by atoms with Crippen molar-refractivity contribution >= 4 is 24.2 Å². The number of hydrazine groups is 1. The first-order valence-corrected chi connectivity index (χ1v) is 7.70. The van der Waals surface area contributed by atoms with Gasteiger partial charge < -0.3 is 15.2 Å². The van der Waals surface area contributed by atoms with Crippen molar-refractivity contribution in [3.63, 3.8) is 0 Å². The SMILES string of the molecule is CC(C)(C)OC(=O)N[C@H]1CN2CC=C(N=CCCC(=O)O)N2C1=O. The fraction of sp³-hybridized carbons (Fsp3) is 0.600. The molecule has 1 fully saturated rings. The Morgan fingerprint density at radius 3 is 2.83 bits per heavy atom. The highest BCUT2D eigenvalue weighted by molar-refractivity contribution is 5.89. The summed E-state index contributed by atoms with van der Waals surface area (Å²) in [5.74, 6) is -0.749. The molecule has 2 rings (SSSR count). The van der Waals surface area contributed by atoms with Crippen LogP contribution in [0.5, 0.6) is 0 Å². The Morgan fingerprint density at radius 2 is 2.21 bits per heavy atom. The Kier molecular flexibility index (Phi) is 5.23. The van der Waals surface area contributed by atoms with Crippen molar-refractivity contribution in [1.82, 2.24) is 15.3 Å². The molecule has 2 aliphatic heterocycles. The molecular weight excluding hydrogens is 316 g/mol. The van der Waals surface area contributed by atoms with Gasteiger partial charge in [-0.2, -0.15) is 0 Å². The maximum atomic E-state index is 12.4. The molecule has 2 heterocycles. The van der Waals surface area contributed by atoms with E-state index >= 15 is 0 Å². The van der Waals surface area contributed by atoms with Gasteiger partial charge >= 0.3 is 12.1 Å². The first-order chi connectivity index (χ1) is 11.2. The average Bonchev–Trinajstić information content (AvgIpc) is 2.95. The van der Waals surface area contributed by atoms with Gasteiger partial charge in [-0.25, -0.2) is 19.8 Å². The number of fused-ring (bicyclic) bond motifs is 1. The van der Waals surface area contributed by atoms with E-state index in [2.05, 4.69) is 10.3 Å². The first kappa shape index (κ1) is 17.9. The fourth-order valence-corrected chi connectivity index (χ4v) is 2.36. The van der Waals surface area contributed by atoms with Crippen LogP contribution in [0.15, 0.2) is 16.9 Å². The number of carbonyl (C=O) groups excluding carboxylic acids is 2. The molecule has 0 bridgehead atoms. The van der Waals surface area contributed by atoms with Crippen molar-refractivity contribution in [2.24, 2.45) is 4.99 Å². The van der Waals surface area contributed by atoms with Crippen LogP contribution in [0.25, 0.3) is 0 Å². The second-order valence-electron chi connectivity index (χ2n) is 6.53. The number of carbonyl (C=O) groups is 3. The molecule has 0 saturated carbocycles. The maximum Gasteiger partial charge on any atom is 0.408 e. The number of alkyl carbamates (subject to hydrolysis) is 1. The fourth-order valence-electron chi connectivity index (χ4n) is 2.36. The number of hydrogen-bond acceptors (Lipinski definition) is 6.